The molecule has 0 spiro atoms. The molecule has 2 rings (SSSR count). The van der Waals surface area contributed by atoms with E-state index in [0.717, 1.165) is 5.56 Å². The number of benzene rings is 1. The Kier molecular flexibility index (Phi) is 4.98. The van der Waals surface area contributed by atoms with E-state index in [1.807, 2.05) is 12.1 Å². The zero-order chi connectivity index (χ0) is 15.9. The van der Waals surface area contributed by atoms with Crippen molar-refractivity contribution < 1.29 is 9.59 Å². The summed E-state index contributed by atoms with van der Waals surface area (Å²) in [7, 11) is 0. The normalized spacial score (nSPS) is 10.9. The van der Waals surface area contributed by atoms with Gasteiger partial charge in [-0.25, -0.2) is 5.43 Å². The van der Waals surface area contributed by atoms with Crippen molar-refractivity contribution >= 4 is 23.2 Å². The Morgan fingerprint density at radius 2 is 1.77 bits per heavy atom. The molecule has 1 heterocycles. The number of aromatic nitrogens is 1. The van der Waals surface area contributed by atoms with E-state index >= 15 is 0 Å². The lowest BCUT2D eigenvalue weighted by Gasteiger charge is -2.05. The molecule has 0 fully saturated rings. The Labute approximate surface area is 128 Å². The second-order valence-corrected chi connectivity index (χ2v) is 4.64. The van der Waals surface area contributed by atoms with Gasteiger partial charge in [0.1, 0.15) is 0 Å². The number of nitrogens with zero attached hydrogens (tertiary/aromatic N) is 2. The van der Waals surface area contributed by atoms with E-state index in [2.05, 4.69) is 20.8 Å². The zero-order valence-corrected chi connectivity index (χ0v) is 12.3. The van der Waals surface area contributed by atoms with E-state index in [-0.39, 0.29) is 11.8 Å². The Hall–Kier alpha value is -3.02. The smallest absolute Gasteiger partial charge is 0.272 e. The first-order valence-corrected chi connectivity index (χ1v) is 6.69. The van der Waals surface area contributed by atoms with Crippen LogP contribution < -0.4 is 10.7 Å². The fraction of sp³-hybridized carbons (Fsp3) is 0.125. The third-order valence-corrected chi connectivity index (χ3v) is 2.87. The Morgan fingerprint density at radius 1 is 1.05 bits per heavy atom. The minimum absolute atomic E-state index is 0.123. The van der Waals surface area contributed by atoms with Crippen molar-refractivity contribution in [2.24, 2.45) is 5.10 Å². The van der Waals surface area contributed by atoms with Crippen molar-refractivity contribution in [3.63, 3.8) is 0 Å². The molecule has 0 bridgehead atoms. The van der Waals surface area contributed by atoms with Crippen LogP contribution in [0.3, 0.4) is 0 Å². The van der Waals surface area contributed by atoms with Gasteiger partial charge in [-0.2, -0.15) is 5.10 Å². The summed E-state index contributed by atoms with van der Waals surface area (Å²) in [5.41, 5.74) is 5.15. The van der Waals surface area contributed by atoms with Gasteiger partial charge in [0, 0.05) is 25.0 Å². The number of rotatable bonds is 4. The monoisotopic (exact) mass is 296 g/mol. The van der Waals surface area contributed by atoms with Crippen LogP contribution in [-0.2, 0) is 4.79 Å². The van der Waals surface area contributed by atoms with Gasteiger partial charge in [0.25, 0.3) is 5.91 Å². The van der Waals surface area contributed by atoms with Crippen LogP contribution in [0.2, 0.25) is 0 Å². The predicted molar refractivity (Wildman–Crippen MR) is 84.7 cm³/mol. The summed E-state index contributed by atoms with van der Waals surface area (Å²) in [6.07, 6.45) is 3.07. The second-order valence-electron chi connectivity index (χ2n) is 4.64. The van der Waals surface area contributed by atoms with E-state index in [4.69, 9.17) is 0 Å². The first-order valence-electron chi connectivity index (χ1n) is 6.69. The number of carbonyl (C=O) groups excluding carboxylic acids is 2. The highest BCUT2D eigenvalue weighted by molar-refractivity contribution is 6.01. The predicted octanol–water partition coefficient (Wildman–Crippen LogP) is 2.19. The van der Waals surface area contributed by atoms with Crippen LogP contribution in [0.25, 0.3) is 0 Å². The van der Waals surface area contributed by atoms with Gasteiger partial charge in [-0.15, -0.1) is 0 Å². The van der Waals surface area contributed by atoms with Gasteiger partial charge < -0.3 is 5.32 Å². The van der Waals surface area contributed by atoms with Crippen LogP contribution in [0.4, 0.5) is 5.69 Å². The zero-order valence-electron chi connectivity index (χ0n) is 12.3. The first-order chi connectivity index (χ1) is 10.6. The molecule has 0 atom stereocenters. The Balaban J connectivity index is 2.03. The van der Waals surface area contributed by atoms with Crippen LogP contribution >= 0.6 is 0 Å². The van der Waals surface area contributed by atoms with E-state index in [9.17, 15) is 9.59 Å². The van der Waals surface area contributed by atoms with Crippen molar-refractivity contribution in [2.45, 2.75) is 13.8 Å². The van der Waals surface area contributed by atoms with E-state index in [1.165, 1.54) is 13.1 Å². The minimum atomic E-state index is -0.317. The molecule has 0 unspecified atom stereocenters. The number of hydrogen-bond donors (Lipinski definition) is 2. The maximum Gasteiger partial charge on any atom is 0.272 e. The molecule has 22 heavy (non-hydrogen) atoms. The molecule has 0 aliphatic heterocycles. The summed E-state index contributed by atoms with van der Waals surface area (Å²) >= 11 is 0. The summed E-state index contributed by atoms with van der Waals surface area (Å²) in [4.78, 5) is 26.7. The molecule has 1 aromatic heterocycles. The van der Waals surface area contributed by atoms with Crippen LogP contribution in [0.15, 0.2) is 53.9 Å². The number of hydrazone groups is 1. The number of pyridine rings is 1. The SMILES string of the molecule is CC(=O)Nc1ccc(/C(C)=N/NC(=O)c2cccnc2)cc1. The molecule has 2 amide bonds. The molecule has 2 aromatic rings. The van der Waals surface area contributed by atoms with Crippen molar-refractivity contribution in [1.29, 1.82) is 0 Å². The fourth-order valence-electron chi connectivity index (χ4n) is 1.76. The third-order valence-electron chi connectivity index (χ3n) is 2.87. The van der Waals surface area contributed by atoms with Gasteiger partial charge in [0.15, 0.2) is 0 Å². The van der Waals surface area contributed by atoms with Crippen LogP contribution in [0.1, 0.15) is 29.8 Å². The molecule has 0 saturated carbocycles. The minimum Gasteiger partial charge on any atom is -0.326 e. The number of hydrogen-bond acceptors (Lipinski definition) is 4. The molecule has 6 nitrogen and oxygen atoms in total. The largest absolute Gasteiger partial charge is 0.326 e. The van der Waals surface area contributed by atoms with Gasteiger partial charge in [0.05, 0.1) is 11.3 Å². The molecule has 1 aromatic carbocycles. The average molecular weight is 296 g/mol. The molecule has 112 valence electrons. The van der Waals surface area contributed by atoms with Gasteiger partial charge in [0.2, 0.25) is 5.91 Å². The van der Waals surface area contributed by atoms with E-state index < -0.39 is 0 Å². The van der Waals surface area contributed by atoms with E-state index in [0.29, 0.717) is 17.0 Å². The number of carbonyl (C=O) groups is 2. The van der Waals surface area contributed by atoms with Crippen molar-refractivity contribution in [2.75, 3.05) is 5.32 Å². The summed E-state index contributed by atoms with van der Waals surface area (Å²) < 4.78 is 0. The summed E-state index contributed by atoms with van der Waals surface area (Å²) in [6, 6.07) is 10.5. The molecule has 0 radical (unpaired) electrons. The molecule has 0 aliphatic rings. The fourth-order valence-corrected chi connectivity index (χ4v) is 1.76. The number of anilines is 1. The van der Waals surface area contributed by atoms with Crippen molar-refractivity contribution in [3.8, 4) is 0 Å². The molecular weight excluding hydrogens is 280 g/mol. The maximum absolute atomic E-state index is 11.9. The second kappa shape index (κ2) is 7.12. The van der Waals surface area contributed by atoms with Gasteiger partial charge >= 0.3 is 0 Å². The third kappa shape index (κ3) is 4.24. The topological polar surface area (TPSA) is 83.5 Å². The highest BCUT2D eigenvalue weighted by Crippen LogP contribution is 2.10. The van der Waals surface area contributed by atoms with Gasteiger partial charge in [-0.3, -0.25) is 14.6 Å². The van der Waals surface area contributed by atoms with Gasteiger partial charge in [-0.05, 0) is 36.8 Å². The van der Waals surface area contributed by atoms with Gasteiger partial charge in [-0.1, -0.05) is 12.1 Å². The summed E-state index contributed by atoms with van der Waals surface area (Å²) in [6.45, 7) is 3.24. The van der Waals surface area contributed by atoms with Crippen LogP contribution in [0.5, 0.6) is 0 Å². The van der Waals surface area contributed by atoms with Crippen molar-refractivity contribution in [1.82, 2.24) is 10.4 Å². The lowest BCUT2D eigenvalue weighted by Crippen LogP contribution is -2.19. The molecule has 0 saturated heterocycles. The van der Waals surface area contributed by atoms with E-state index in [1.54, 1.807) is 37.4 Å². The standard InChI is InChI=1S/C16H16N4O2/c1-11(13-5-7-15(8-6-13)18-12(2)21)19-20-16(22)14-4-3-9-17-10-14/h3-10H,1-2H3,(H,18,21)(H,20,22)/b19-11+. The first kappa shape index (κ1) is 15.4. The van der Waals surface area contributed by atoms with Crippen LogP contribution in [0, 0.1) is 0 Å². The summed E-state index contributed by atoms with van der Waals surface area (Å²) in [5.74, 6) is -0.441. The highest BCUT2D eigenvalue weighted by atomic mass is 16.2. The average Bonchev–Trinajstić information content (AvgIpc) is 2.53. The molecule has 0 aliphatic carbocycles. The Morgan fingerprint density at radius 3 is 2.36 bits per heavy atom. The van der Waals surface area contributed by atoms with Crippen molar-refractivity contribution in [3.05, 3.63) is 59.9 Å². The maximum atomic E-state index is 11.9. The summed E-state index contributed by atoms with van der Waals surface area (Å²) in [5, 5.41) is 6.75. The number of amides is 2. The molecular formula is C16H16N4O2. The Bertz CT molecular complexity index is 694. The quantitative estimate of drug-likeness (QED) is 0.670. The van der Waals surface area contributed by atoms with Crippen LogP contribution in [-0.4, -0.2) is 22.5 Å². The molecule has 2 N–H and O–H groups in total. The number of nitrogens with one attached hydrogen (secondary N) is 2. The molecule has 6 heteroatoms. The highest BCUT2D eigenvalue weighted by Gasteiger charge is 2.04. The lowest BCUT2D eigenvalue weighted by molar-refractivity contribution is -0.114. The lowest BCUT2D eigenvalue weighted by atomic mass is 10.1.